The van der Waals surface area contributed by atoms with Crippen LogP contribution < -0.4 is 0 Å². The van der Waals surface area contributed by atoms with Crippen LogP contribution in [-0.4, -0.2) is 28.1 Å². The average Bonchev–Trinajstić information content (AvgIpc) is 3.19. The maximum Gasteiger partial charge on any atom is 0.306 e. The summed E-state index contributed by atoms with van der Waals surface area (Å²) in [6.45, 7) is -0.150. The lowest BCUT2D eigenvalue weighted by atomic mass is 10.1. The molecule has 0 spiro atoms. The van der Waals surface area contributed by atoms with Crippen molar-refractivity contribution in [1.29, 1.82) is 0 Å². The minimum atomic E-state index is -0.503. The first-order valence-corrected chi connectivity index (χ1v) is 10.1. The van der Waals surface area contributed by atoms with Crippen LogP contribution in [0.1, 0.15) is 29.1 Å². The molecule has 2 aromatic carbocycles. The van der Waals surface area contributed by atoms with Gasteiger partial charge in [-0.2, -0.15) is 4.98 Å². The Morgan fingerprint density at radius 1 is 1.14 bits per heavy atom. The molecule has 0 fully saturated rings. The fourth-order valence-corrected chi connectivity index (χ4v) is 3.01. The second-order valence-electron chi connectivity index (χ2n) is 5.83. The van der Waals surface area contributed by atoms with Crippen LogP contribution in [0.5, 0.6) is 0 Å². The maximum absolute atomic E-state index is 12.1. The number of ketones is 1. The molecule has 144 valence electrons. The van der Waals surface area contributed by atoms with Crippen LogP contribution in [0.4, 0.5) is 0 Å². The smallest absolute Gasteiger partial charge is 0.306 e. The molecule has 0 N–H and O–H groups in total. The number of hydrogen-bond donors (Lipinski definition) is 0. The molecule has 0 amide bonds. The molecule has 28 heavy (non-hydrogen) atoms. The van der Waals surface area contributed by atoms with Gasteiger partial charge in [0.25, 0.3) is 5.89 Å². The van der Waals surface area contributed by atoms with E-state index in [4.69, 9.17) is 20.9 Å². The molecule has 3 rings (SSSR count). The number of halogens is 1. The van der Waals surface area contributed by atoms with Crippen LogP contribution in [0.15, 0.2) is 57.9 Å². The zero-order chi connectivity index (χ0) is 19.9. The van der Waals surface area contributed by atoms with Gasteiger partial charge in [0.1, 0.15) is 0 Å². The van der Waals surface area contributed by atoms with E-state index in [1.165, 1.54) is 0 Å². The molecule has 0 bridgehead atoms. The van der Waals surface area contributed by atoms with Crippen LogP contribution in [-0.2, 0) is 16.1 Å². The number of thioether (sulfide) groups is 1. The summed E-state index contributed by atoms with van der Waals surface area (Å²) in [5.74, 6) is -0.0815. The SMILES string of the molecule is CSc1ccc(C(=O)CCC(=O)OCc2nc(-c3cccc(Cl)c3)no2)cc1. The summed E-state index contributed by atoms with van der Waals surface area (Å²) in [7, 11) is 0. The van der Waals surface area contributed by atoms with E-state index in [0.29, 0.717) is 22.0 Å². The lowest BCUT2D eigenvalue weighted by Gasteiger charge is -2.03. The van der Waals surface area contributed by atoms with Gasteiger partial charge in [0.2, 0.25) is 5.82 Å². The van der Waals surface area contributed by atoms with E-state index in [2.05, 4.69) is 10.1 Å². The van der Waals surface area contributed by atoms with Crippen molar-refractivity contribution in [2.45, 2.75) is 24.3 Å². The van der Waals surface area contributed by atoms with Crippen LogP contribution in [0.3, 0.4) is 0 Å². The number of carbonyl (C=O) groups excluding carboxylic acids is 2. The van der Waals surface area contributed by atoms with Crippen molar-refractivity contribution in [2.24, 2.45) is 0 Å². The van der Waals surface area contributed by atoms with Gasteiger partial charge >= 0.3 is 5.97 Å². The van der Waals surface area contributed by atoms with E-state index >= 15 is 0 Å². The number of esters is 1. The van der Waals surface area contributed by atoms with E-state index in [-0.39, 0.29) is 31.1 Å². The molecule has 1 heterocycles. The Hall–Kier alpha value is -2.64. The van der Waals surface area contributed by atoms with Crippen LogP contribution in [0.2, 0.25) is 5.02 Å². The van der Waals surface area contributed by atoms with Gasteiger partial charge in [-0.1, -0.05) is 41.0 Å². The van der Waals surface area contributed by atoms with Gasteiger partial charge < -0.3 is 9.26 Å². The Morgan fingerprint density at radius 3 is 2.64 bits per heavy atom. The van der Waals surface area contributed by atoms with Gasteiger partial charge in [0.05, 0.1) is 6.42 Å². The van der Waals surface area contributed by atoms with Crippen molar-refractivity contribution in [2.75, 3.05) is 6.26 Å². The number of rotatable bonds is 8. The molecule has 0 saturated carbocycles. The lowest BCUT2D eigenvalue weighted by molar-refractivity contribution is -0.145. The van der Waals surface area contributed by atoms with Crippen LogP contribution in [0, 0.1) is 0 Å². The van der Waals surface area contributed by atoms with E-state index in [1.807, 2.05) is 18.4 Å². The Labute approximate surface area is 171 Å². The third kappa shape index (κ3) is 5.43. The summed E-state index contributed by atoms with van der Waals surface area (Å²) in [5, 5.41) is 4.40. The largest absolute Gasteiger partial charge is 0.456 e. The fourth-order valence-electron chi connectivity index (χ4n) is 2.41. The monoisotopic (exact) mass is 416 g/mol. The first kappa shape index (κ1) is 20.1. The number of ether oxygens (including phenoxy) is 1. The summed E-state index contributed by atoms with van der Waals surface area (Å²) in [5.41, 5.74) is 1.28. The van der Waals surface area contributed by atoms with E-state index in [1.54, 1.807) is 48.2 Å². The van der Waals surface area contributed by atoms with Gasteiger partial charge in [0, 0.05) is 27.5 Å². The molecule has 0 atom stereocenters. The van der Waals surface area contributed by atoms with Gasteiger partial charge in [-0.25, -0.2) is 0 Å². The molecule has 0 unspecified atom stereocenters. The number of benzene rings is 2. The molecule has 0 aliphatic rings. The lowest BCUT2D eigenvalue weighted by Crippen LogP contribution is -2.08. The predicted molar refractivity (Wildman–Crippen MR) is 106 cm³/mol. The summed E-state index contributed by atoms with van der Waals surface area (Å²) in [6, 6.07) is 14.3. The summed E-state index contributed by atoms with van der Waals surface area (Å²) in [4.78, 5) is 29.3. The van der Waals surface area contributed by atoms with Crippen molar-refractivity contribution in [3.63, 3.8) is 0 Å². The second kappa shape index (κ2) is 9.52. The first-order chi connectivity index (χ1) is 13.5. The number of hydrogen-bond acceptors (Lipinski definition) is 7. The first-order valence-electron chi connectivity index (χ1n) is 8.46. The number of Topliss-reactive ketones (excluding diaryl/α,β-unsaturated/α-hetero) is 1. The number of carbonyl (C=O) groups is 2. The van der Waals surface area contributed by atoms with Crippen molar-refractivity contribution >= 4 is 35.1 Å². The van der Waals surface area contributed by atoms with Gasteiger partial charge in [-0.3, -0.25) is 9.59 Å². The molecule has 0 aliphatic heterocycles. The zero-order valence-electron chi connectivity index (χ0n) is 15.1. The Kier molecular flexibility index (Phi) is 6.84. The summed E-state index contributed by atoms with van der Waals surface area (Å²) in [6.07, 6.45) is 2.03. The molecular weight excluding hydrogens is 400 g/mol. The predicted octanol–water partition coefficient (Wildman–Crippen LogP) is 4.82. The Bertz CT molecular complexity index is 972. The highest BCUT2D eigenvalue weighted by Gasteiger charge is 2.13. The molecule has 0 radical (unpaired) electrons. The van der Waals surface area contributed by atoms with Crippen molar-refractivity contribution in [3.05, 3.63) is 65.0 Å². The van der Waals surface area contributed by atoms with E-state index in [0.717, 1.165) is 4.90 Å². The zero-order valence-corrected chi connectivity index (χ0v) is 16.6. The minimum Gasteiger partial charge on any atom is -0.456 e. The molecule has 0 aliphatic carbocycles. The fraction of sp³-hybridized carbons (Fsp3) is 0.200. The topological polar surface area (TPSA) is 82.3 Å². The molecule has 1 aromatic heterocycles. The summed E-state index contributed by atoms with van der Waals surface area (Å²) >= 11 is 7.54. The third-order valence-corrected chi connectivity index (χ3v) is 4.85. The van der Waals surface area contributed by atoms with Crippen molar-refractivity contribution in [3.8, 4) is 11.4 Å². The standard InChI is InChI=1S/C20H17ClN2O4S/c1-28-16-7-5-13(6-8-16)17(24)9-10-19(25)26-12-18-22-20(23-27-18)14-3-2-4-15(21)11-14/h2-8,11H,9-10,12H2,1H3. The Morgan fingerprint density at radius 2 is 1.93 bits per heavy atom. The molecule has 3 aromatic rings. The normalized spacial score (nSPS) is 10.6. The van der Waals surface area contributed by atoms with Gasteiger partial charge in [0.15, 0.2) is 12.4 Å². The quantitative estimate of drug-likeness (QED) is 0.296. The van der Waals surface area contributed by atoms with E-state index in [9.17, 15) is 9.59 Å². The Balaban J connectivity index is 1.47. The van der Waals surface area contributed by atoms with E-state index < -0.39 is 5.97 Å². The molecule has 6 nitrogen and oxygen atoms in total. The van der Waals surface area contributed by atoms with Gasteiger partial charge in [-0.15, -0.1) is 11.8 Å². The highest BCUT2D eigenvalue weighted by atomic mass is 35.5. The highest BCUT2D eigenvalue weighted by Crippen LogP contribution is 2.20. The van der Waals surface area contributed by atoms with Crippen molar-refractivity contribution in [1.82, 2.24) is 10.1 Å². The molecular formula is C20H17ClN2O4S. The third-order valence-electron chi connectivity index (χ3n) is 3.88. The number of aromatic nitrogens is 2. The maximum atomic E-state index is 12.1. The highest BCUT2D eigenvalue weighted by molar-refractivity contribution is 7.98. The number of nitrogens with zero attached hydrogens (tertiary/aromatic N) is 2. The molecule has 8 heteroatoms. The average molecular weight is 417 g/mol. The van der Waals surface area contributed by atoms with Gasteiger partial charge in [-0.05, 0) is 30.5 Å². The van der Waals surface area contributed by atoms with Crippen LogP contribution >= 0.6 is 23.4 Å². The van der Waals surface area contributed by atoms with Crippen LogP contribution in [0.25, 0.3) is 11.4 Å². The van der Waals surface area contributed by atoms with Crippen molar-refractivity contribution < 1.29 is 18.8 Å². The molecule has 0 saturated heterocycles. The minimum absolute atomic E-state index is 0.0155. The summed E-state index contributed by atoms with van der Waals surface area (Å²) < 4.78 is 10.2. The second-order valence-corrected chi connectivity index (χ2v) is 7.15.